The van der Waals surface area contributed by atoms with E-state index in [1.165, 1.54) is 5.56 Å². The summed E-state index contributed by atoms with van der Waals surface area (Å²) in [6.45, 7) is 7.92. The molecule has 0 radical (unpaired) electrons. The van der Waals surface area contributed by atoms with Crippen LogP contribution in [0.2, 0.25) is 0 Å². The summed E-state index contributed by atoms with van der Waals surface area (Å²) in [5.74, 6) is 0.836. The van der Waals surface area contributed by atoms with Crippen LogP contribution in [-0.4, -0.2) is 55.5 Å². The van der Waals surface area contributed by atoms with E-state index in [1.807, 2.05) is 7.05 Å². The molecule has 4 nitrogen and oxygen atoms in total. The van der Waals surface area contributed by atoms with Gasteiger partial charge in [0.2, 0.25) is 5.91 Å². The monoisotopic (exact) mass is 303 g/mol. The Morgan fingerprint density at radius 1 is 1.23 bits per heavy atom. The molecular weight excluding hydrogens is 274 g/mol. The number of hydrogen-bond donors (Lipinski definition) is 1. The molecule has 1 unspecified atom stereocenters. The molecule has 1 fully saturated rings. The minimum Gasteiger partial charge on any atom is -0.341 e. The highest BCUT2D eigenvalue weighted by Gasteiger charge is 2.22. The standard InChI is InChI=1S/C18H29N3O/c1-16-13-20(15-17-7-4-3-5-8-17)11-12-21(14-16)18(22)9-6-10-19-2/h3-5,7-8,16,19H,6,9-15H2,1-2H3. The lowest BCUT2D eigenvalue weighted by Crippen LogP contribution is -2.36. The van der Waals surface area contributed by atoms with E-state index in [4.69, 9.17) is 0 Å². The number of amides is 1. The number of nitrogens with one attached hydrogen (secondary N) is 1. The zero-order chi connectivity index (χ0) is 15.8. The number of carbonyl (C=O) groups excluding carboxylic acids is 1. The second-order valence-corrected chi connectivity index (χ2v) is 6.37. The Balaban J connectivity index is 1.85. The number of benzene rings is 1. The maximum absolute atomic E-state index is 12.3. The summed E-state index contributed by atoms with van der Waals surface area (Å²) in [7, 11) is 1.93. The lowest BCUT2D eigenvalue weighted by atomic mass is 10.1. The van der Waals surface area contributed by atoms with Crippen molar-refractivity contribution < 1.29 is 4.79 Å². The number of rotatable bonds is 6. The molecule has 1 aliphatic heterocycles. The minimum absolute atomic E-state index is 0.309. The Hall–Kier alpha value is -1.39. The van der Waals surface area contributed by atoms with Crippen LogP contribution in [0.3, 0.4) is 0 Å². The Labute approximate surface area is 134 Å². The molecule has 0 spiro atoms. The van der Waals surface area contributed by atoms with Crippen LogP contribution in [0.1, 0.15) is 25.3 Å². The first kappa shape index (κ1) is 17.0. The zero-order valence-corrected chi connectivity index (χ0v) is 13.9. The van der Waals surface area contributed by atoms with Crippen LogP contribution >= 0.6 is 0 Å². The summed E-state index contributed by atoms with van der Waals surface area (Å²) in [5.41, 5.74) is 1.35. The minimum atomic E-state index is 0.309. The first-order chi connectivity index (χ1) is 10.7. The maximum atomic E-state index is 12.3. The molecule has 1 N–H and O–H groups in total. The average Bonchev–Trinajstić information content (AvgIpc) is 2.70. The first-order valence-electron chi connectivity index (χ1n) is 8.37. The Bertz CT molecular complexity index is 449. The predicted molar refractivity (Wildman–Crippen MR) is 90.6 cm³/mol. The number of nitrogens with zero attached hydrogens (tertiary/aromatic N) is 2. The van der Waals surface area contributed by atoms with Crippen molar-refractivity contribution in [3.05, 3.63) is 35.9 Å². The van der Waals surface area contributed by atoms with E-state index in [9.17, 15) is 4.79 Å². The van der Waals surface area contributed by atoms with Crippen molar-refractivity contribution in [1.82, 2.24) is 15.1 Å². The molecule has 1 atom stereocenters. The Kier molecular flexibility index (Phi) is 6.87. The summed E-state index contributed by atoms with van der Waals surface area (Å²) < 4.78 is 0. The van der Waals surface area contributed by atoms with Gasteiger partial charge in [-0.15, -0.1) is 0 Å². The van der Waals surface area contributed by atoms with Crippen molar-refractivity contribution in [2.24, 2.45) is 5.92 Å². The molecule has 4 heteroatoms. The van der Waals surface area contributed by atoms with E-state index in [1.54, 1.807) is 0 Å². The smallest absolute Gasteiger partial charge is 0.222 e. The molecule has 0 bridgehead atoms. The summed E-state index contributed by atoms with van der Waals surface area (Å²) in [5, 5.41) is 3.10. The van der Waals surface area contributed by atoms with Crippen LogP contribution in [0.4, 0.5) is 0 Å². The zero-order valence-electron chi connectivity index (χ0n) is 13.9. The molecule has 1 saturated heterocycles. The van der Waals surface area contributed by atoms with E-state index in [0.29, 0.717) is 18.2 Å². The highest BCUT2D eigenvalue weighted by atomic mass is 16.2. The fraction of sp³-hybridized carbons (Fsp3) is 0.611. The topological polar surface area (TPSA) is 35.6 Å². The van der Waals surface area contributed by atoms with Crippen LogP contribution in [0.25, 0.3) is 0 Å². The van der Waals surface area contributed by atoms with Crippen LogP contribution in [0.15, 0.2) is 30.3 Å². The van der Waals surface area contributed by atoms with Gasteiger partial charge in [0.15, 0.2) is 0 Å². The van der Waals surface area contributed by atoms with Crippen molar-refractivity contribution in [2.45, 2.75) is 26.3 Å². The third-order valence-corrected chi connectivity index (χ3v) is 4.21. The molecule has 1 amide bonds. The van der Waals surface area contributed by atoms with E-state index < -0.39 is 0 Å². The second kappa shape index (κ2) is 8.91. The van der Waals surface area contributed by atoms with E-state index in [0.717, 1.165) is 45.7 Å². The Morgan fingerprint density at radius 2 is 2.00 bits per heavy atom. The van der Waals surface area contributed by atoms with Gasteiger partial charge in [-0.05, 0) is 31.5 Å². The Morgan fingerprint density at radius 3 is 2.73 bits per heavy atom. The molecule has 1 aliphatic rings. The van der Waals surface area contributed by atoms with Crippen molar-refractivity contribution in [3.63, 3.8) is 0 Å². The lowest BCUT2D eigenvalue weighted by molar-refractivity contribution is -0.131. The summed E-state index contributed by atoms with van der Waals surface area (Å²) in [6, 6.07) is 10.6. The van der Waals surface area contributed by atoms with Gasteiger partial charge in [0, 0.05) is 39.1 Å². The van der Waals surface area contributed by atoms with Gasteiger partial charge in [0.25, 0.3) is 0 Å². The van der Waals surface area contributed by atoms with Gasteiger partial charge < -0.3 is 10.2 Å². The van der Waals surface area contributed by atoms with Crippen molar-refractivity contribution in [2.75, 3.05) is 39.8 Å². The highest BCUT2D eigenvalue weighted by Crippen LogP contribution is 2.13. The molecule has 2 rings (SSSR count). The molecule has 0 aromatic heterocycles. The molecule has 0 saturated carbocycles. The van der Waals surface area contributed by atoms with Gasteiger partial charge in [0.05, 0.1) is 0 Å². The van der Waals surface area contributed by atoms with Crippen LogP contribution in [0.5, 0.6) is 0 Å². The third kappa shape index (κ3) is 5.43. The second-order valence-electron chi connectivity index (χ2n) is 6.37. The van der Waals surface area contributed by atoms with Gasteiger partial charge in [0.1, 0.15) is 0 Å². The largest absolute Gasteiger partial charge is 0.341 e. The quantitative estimate of drug-likeness (QED) is 0.816. The normalized spacial score (nSPS) is 19.9. The molecule has 1 heterocycles. The molecular formula is C18H29N3O. The van der Waals surface area contributed by atoms with Crippen molar-refractivity contribution >= 4 is 5.91 Å². The third-order valence-electron chi connectivity index (χ3n) is 4.21. The van der Waals surface area contributed by atoms with E-state index in [-0.39, 0.29) is 0 Å². The first-order valence-corrected chi connectivity index (χ1v) is 8.37. The SMILES string of the molecule is CNCCCC(=O)N1CCN(Cc2ccccc2)CC(C)C1. The summed E-state index contributed by atoms with van der Waals surface area (Å²) in [6.07, 6.45) is 1.58. The predicted octanol–water partition coefficient (Wildman–Crippen LogP) is 1.97. The number of hydrogen-bond acceptors (Lipinski definition) is 3. The van der Waals surface area contributed by atoms with Crippen LogP contribution < -0.4 is 5.32 Å². The van der Waals surface area contributed by atoms with Crippen LogP contribution in [-0.2, 0) is 11.3 Å². The van der Waals surface area contributed by atoms with Gasteiger partial charge in [-0.2, -0.15) is 0 Å². The van der Waals surface area contributed by atoms with E-state index >= 15 is 0 Å². The van der Waals surface area contributed by atoms with Crippen molar-refractivity contribution in [1.29, 1.82) is 0 Å². The molecule has 1 aromatic carbocycles. The molecule has 122 valence electrons. The highest BCUT2D eigenvalue weighted by molar-refractivity contribution is 5.76. The summed E-state index contributed by atoms with van der Waals surface area (Å²) >= 11 is 0. The van der Waals surface area contributed by atoms with Crippen LogP contribution in [0, 0.1) is 5.92 Å². The molecule has 1 aromatic rings. The van der Waals surface area contributed by atoms with Crippen molar-refractivity contribution in [3.8, 4) is 0 Å². The molecule has 0 aliphatic carbocycles. The summed E-state index contributed by atoms with van der Waals surface area (Å²) in [4.78, 5) is 16.8. The lowest BCUT2D eigenvalue weighted by Gasteiger charge is -2.22. The van der Waals surface area contributed by atoms with Gasteiger partial charge in [-0.25, -0.2) is 0 Å². The fourth-order valence-electron chi connectivity index (χ4n) is 3.11. The van der Waals surface area contributed by atoms with Gasteiger partial charge >= 0.3 is 0 Å². The van der Waals surface area contributed by atoms with Gasteiger partial charge in [-0.1, -0.05) is 37.3 Å². The van der Waals surface area contributed by atoms with Gasteiger partial charge in [-0.3, -0.25) is 9.69 Å². The maximum Gasteiger partial charge on any atom is 0.222 e. The average molecular weight is 303 g/mol. The fourth-order valence-corrected chi connectivity index (χ4v) is 3.11. The van der Waals surface area contributed by atoms with E-state index in [2.05, 4.69) is 52.4 Å². The number of carbonyl (C=O) groups is 1. The molecule has 22 heavy (non-hydrogen) atoms.